The number of carbonyl (C=O) groups is 3. The number of ether oxygens (including phenoxy) is 3. The van der Waals surface area contributed by atoms with E-state index < -0.39 is 103 Å². The van der Waals surface area contributed by atoms with Gasteiger partial charge in [0.2, 0.25) is 11.8 Å². The van der Waals surface area contributed by atoms with Gasteiger partial charge in [0.05, 0.1) is 31.7 Å². The first-order valence-electron chi connectivity index (χ1n) is 26.0. The molecule has 0 bridgehead atoms. The minimum atomic E-state index is -5.59. The van der Waals surface area contributed by atoms with E-state index in [0.29, 0.717) is 18.8 Å². The Morgan fingerprint density at radius 3 is 2.04 bits per heavy atom. The van der Waals surface area contributed by atoms with E-state index in [0.717, 1.165) is 67.5 Å². The molecule has 2 aromatic heterocycles. The van der Waals surface area contributed by atoms with Gasteiger partial charge >= 0.3 is 23.5 Å². The first-order valence-corrected chi connectivity index (χ1v) is 31.5. The van der Waals surface area contributed by atoms with Crippen molar-refractivity contribution in [1.29, 1.82) is 0 Å². The summed E-state index contributed by atoms with van der Waals surface area (Å²) < 4.78 is 73.7. The van der Waals surface area contributed by atoms with Gasteiger partial charge in [0.25, 0.3) is 0 Å². The van der Waals surface area contributed by atoms with Crippen LogP contribution < -0.4 is 16.4 Å². The third kappa shape index (κ3) is 24.2. The predicted molar refractivity (Wildman–Crippen MR) is 278 cm³/mol. The Hall–Kier alpha value is -2.60. The number of phosphoric ester groups is 3. The van der Waals surface area contributed by atoms with Crippen molar-refractivity contribution in [2.24, 2.45) is 5.41 Å². The molecule has 2 aromatic rings. The Kier molecular flexibility index (Phi) is 28.5. The molecule has 11 atom stereocenters. The summed E-state index contributed by atoms with van der Waals surface area (Å²) in [5, 5.41) is 46.4. The SMILES string of the molecule is C[C@@H]1O[C@@H](OCCCCCCCCCCCCCCCCCC(=O)SCCNC(=O)CCNC(=O)[C@H](O)C(C)(C)COP(=O)(O)OP(=O)(O)OC[C@H]2O[C@@H](n3cnc4c(N)ncnc43)[C@H](O)[C@@H]2OP(=O)(O)O)[C@H](O)C[C@H]1O. The summed E-state index contributed by atoms with van der Waals surface area (Å²) in [4.78, 5) is 88.6. The molecule has 12 N–H and O–H groups in total. The Morgan fingerprint density at radius 2 is 1.42 bits per heavy atom. The lowest BCUT2D eigenvalue weighted by atomic mass is 9.87. The molecule has 2 saturated heterocycles. The first-order chi connectivity index (χ1) is 36.3. The van der Waals surface area contributed by atoms with Crippen molar-refractivity contribution in [3.05, 3.63) is 12.7 Å². The van der Waals surface area contributed by atoms with Crippen molar-refractivity contribution < 1.29 is 100 Å². The number of fused-ring (bicyclic) bond motifs is 1. The average molecular weight is 1180 g/mol. The molecule has 442 valence electrons. The molecular formula is C45H80N7O21P3S. The summed E-state index contributed by atoms with van der Waals surface area (Å²) in [5.41, 5.74) is 4.27. The van der Waals surface area contributed by atoms with Gasteiger partial charge in [-0.05, 0) is 19.8 Å². The van der Waals surface area contributed by atoms with Gasteiger partial charge in [-0.3, -0.25) is 32.5 Å². The highest BCUT2D eigenvalue weighted by atomic mass is 32.2. The van der Waals surface area contributed by atoms with Gasteiger partial charge in [-0.2, -0.15) is 4.31 Å². The third-order valence-electron chi connectivity index (χ3n) is 12.8. The lowest BCUT2D eigenvalue weighted by Crippen LogP contribution is -2.47. The average Bonchev–Trinajstić information content (AvgIpc) is 3.93. The van der Waals surface area contributed by atoms with Crippen LogP contribution in [-0.4, -0.2) is 164 Å². The molecule has 77 heavy (non-hydrogen) atoms. The van der Waals surface area contributed by atoms with Gasteiger partial charge in [0, 0.05) is 50.1 Å². The minimum Gasteiger partial charge on any atom is -0.390 e. The van der Waals surface area contributed by atoms with E-state index in [9.17, 15) is 68.1 Å². The summed E-state index contributed by atoms with van der Waals surface area (Å²) in [7, 11) is -16.4. The molecule has 0 spiro atoms. The van der Waals surface area contributed by atoms with Crippen LogP contribution in [-0.2, 0) is 60.2 Å². The fourth-order valence-electron chi connectivity index (χ4n) is 8.33. The van der Waals surface area contributed by atoms with Crippen LogP contribution in [0.4, 0.5) is 5.82 Å². The Bertz CT molecular complexity index is 2280. The van der Waals surface area contributed by atoms with E-state index in [1.165, 1.54) is 71.6 Å². The van der Waals surface area contributed by atoms with Crippen LogP contribution >= 0.6 is 35.2 Å². The molecule has 2 aliphatic heterocycles. The summed E-state index contributed by atoms with van der Waals surface area (Å²) in [6, 6.07) is 0. The number of unbranched alkanes of at least 4 members (excludes halogenated alkanes) is 14. The molecule has 2 fully saturated rings. The fraction of sp³-hybridized carbons (Fsp3) is 0.822. The predicted octanol–water partition coefficient (Wildman–Crippen LogP) is 3.78. The van der Waals surface area contributed by atoms with E-state index in [2.05, 4.69) is 34.4 Å². The number of aliphatic hydroxyl groups excluding tert-OH is 4. The number of hydrogen-bond acceptors (Lipinski definition) is 22. The van der Waals surface area contributed by atoms with Crippen molar-refractivity contribution in [3.8, 4) is 0 Å². The number of nitrogens with zero attached hydrogens (tertiary/aromatic N) is 4. The number of imidazole rings is 1. The van der Waals surface area contributed by atoms with E-state index in [1.807, 2.05) is 0 Å². The maximum absolute atomic E-state index is 12.8. The summed E-state index contributed by atoms with van der Waals surface area (Å²) in [5.74, 6) is -1.07. The number of amides is 2. The Morgan fingerprint density at radius 1 is 0.818 bits per heavy atom. The van der Waals surface area contributed by atoms with Gasteiger partial charge in [-0.25, -0.2) is 28.6 Å². The van der Waals surface area contributed by atoms with Crippen LogP contribution in [0.15, 0.2) is 12.7 Å². The van der Waals surface area contributed by atoms with Crippen LogP contribution in [0.1, 0.15) is 143 Å². The molecular weight excluding hydrogens is 1100 g/mol. The zero-order chi connectivity index (χ0) is 56.8. The highest BCUT2D eigenvalue weighted by Gasteiger charge is 2.50. The van der Waals surface area contributed by atoms with Gasteiger partial charge < -0.3 is 70.6 Å². The monoisotopic (exact) mass is 1180 g/mol. The number of carbonyl (C=O) groups excluding carboxylic acids is 3. The van der Waals surface area contributed by atoms with Crippen molar-refractivity contribution in [2.45, 2.75) is 192 Å². The Labute approximate surface area is 452 Å². The molecule has 4 rings (SSSR count). The number of aromatic nitrogens is 4. The molecule has 32 heteroatoms. The third-order valence-corrected chi connectivity index (χ3v) is 16.8. The Balaban J connectivity index is 0.980. The number of nitrogens with one attached hydrogen (secondary N) is 2. The maximum atomic E-state index is 12.8. The van der Waals surface area contributed by atoms with Crippen molar-refractivity contribution in [2.75, 3.05) is 44.4 Å². The number of rotatable bonds is 38. The summed E-state index contributed by atoms with van der Waals surface area (Å²) in [6.07, 6.45) is 8.42. The topological polar surface area (TPSA) is 423 Å². The molecule has 4 heterocycles. The number of hydrogen-bond donors (Lipinski definition) is 11. The zero-order valence-electron chi connectivity index (χ0n) is 43.8. The van der Waals surface area contributed by atoms with E-state index in [4.69, 9.17) is 29.0 Å². The summed E-state index contributed by atoms with van der Waals surface area (Å²) in [6.45, 7) is 2.85. The van der Waals surface area contributed by atoms with Crippen molar-refractivity contribution in [1.82, 2.24) is 30.2 Å². The number of anilines is 1. The molecule has 0 saturated carbocycles. The standard InChI is InChI=1S/C45H80N7O21P3S/c1-30-31(53)25-32(54)44(70-30)67-23-18-16-14-12-10-8-6-4-5-7-9-11-13-15-17-19-35(56)77-24-22-47-34(55)20-21-48-42(59)39(58)45(2,3)27-69-76(65,66)73-75(63,64)68-26-33-38(72-74(60,61)62)37(57)43(71-33)52-29-51-36-40(46)49-28-50-41(36)52/h28-33,37-39,43-44,53-54,57-58H,4-27H2,1-3H3,(H,47,55)(H,48,59)(H,63,64)(H,65,66)(H2,46,49,50)(H2,60,61,62)/t30-,31+,32+,33+,37+,38+,39-,43+,44+/m0/s1. The lowest BCUT2D eigenvalue weighted by molar-refractivity contribution is -0.261. The highest BCUT2D eigenvalue weighted by Crippen LogP contribution is 2.61. The second-order valence-electron chi connectivity index (χ2n) is 19.8. The smallest absolute Gasteiger partial charge is 0.390 e. The molecule has 0 radical (unpaired) electrons. The van der Waals surface area contributed by atoms with Gasteiger partial charge in [0.1, 0.15) is 42.4 Å². The van der Waals surface area contributed by atoms with Crippen LogP contribution in [0.25, 0.3) is 11.2 Å². The first kappa shape index (κ1) is 66.9. The quantitative estimate of drug-likeness (QED) is 0.0336. The molecule has 2 unspecified atom stereocenters. The van der Waals surface area contributed by atoms with Crippen LogP contribution in [0.3, 0.4) is 0 Å². The second-order valence-corrected chi connectivity index (χ2v) is 25.2. The van der Waals surface area contributed by atoms with Crippen molar-refractivity contribution >= 4 is 69.1 Å². The summed E-state index contributed by atoms with van der Waals surface area (Å²) >= 11 is 1.14. The molecule has 2 aliphatic rings. The fourth-order valence-corrected chi connectivity index (χ4v) is 11.9. The van der Waals surface area contributed by atoms with E-state index in [-0.39, 0.29) is 54.1 Å². The molecule has 0 aromatic carbocycles. The molecule has 2 amide bonds. The molecule has 28 nitrogen and oxygen atoms in total. The largest absolute Gasteiger partial charge is 0.481 e. The normalized spacial score (nSPS) is 24.1. The van der Waals surface area contributed by atoms with Crippen LogP contribution in [0.5, 0.6) is 0 Å². The number of nitrogens with two attached hydrogens (primary N) is 1. The number of phosphoric acid groups is 3. The lowest BCUT2D eigenvalue weighted by Gasteiger charge is -2.35. The molecule has 0 aliphatic carbocycles. The van der Waals surface area contributed by atoms with Gasteiger partial charge in [0.15, 0.2) is 29.1 Å². The number of aliphatic hydroxyl groups is 4. The highest BCUT2D eigenvalue weighted by molar-refractivity contribution is 8.13. The van der Waals surface area contributed by atoms with E-state index in [1.54, 1.807) is 6.92 Å². The second kappa shape index (κ2) is 32.7. The van der Waals surface area contributed by atoms with Crippen molar-refractivity contribution in [3.63, 3.8) is 0 Å². The number of thioether (sulfide) groups is 1. The van der Waals surface area contributed by atoms with Crippen LogP contribution in [0.2, 0.25) is 0 Å². The zero-order valence-corrected chi connectivity index (χ0v) is 47.3. The number of nitrogen functional groups attached to an aromatic ring is 1. The maximum Gasteiger partial charge on any atom is 0.481 e. The van der Waals surface area contributed by atoms with Gasteiger partial charge in [-0.15, -0.1) is 0 Å². The van der Waals surface area contributed by atoms with Crippen LogP contribution in [0, 0.1) is 5.41 Å². The van der Waals surface area contributed by atoms with Gasteiger partial charge in [-0.1, -0.05) is 109 Å². The minimum absolute atomic E-state index is 0.0288. The van der Waals surface area contributed by atoms with E-state index >= 15 is 0 Å².